The Hall–Kier alpha value is -1.16. The highest BCUT2D eigenvalue weighted by Crippen LogP contribution is 2.08. The maximum Gasteiger partial charge on any atom is 0.132 e. The lowest BCUT2D eigenvalue weighted by Crippen LogP contribution is -2.29. The van der Waals surface area contributed by atoms with Crippen LogP contribution in [0.4, 0.5) is 5.82 Å². The lowest BCUT2D eigenvalue weighted by atomic mass is 10.4. The molecule has 0 radical (unpaired) electrons. The van der Waals surface area contributed by atoms with Crippen molar-refractivity contribution in [2.45, 2.75) is 13.8 Å². The van der Waals surface area contributed by atoms with Crippen molar-refractivity contribution in [3.05, 3.63) is 18.1 Å². The summed E-state index contributed by atoms with van der Waals surface area (Å²) in [7, 11) is 0. The topological polar surface area (TPSA) is 55.0 Å². The molecule has 0 unspecified atom stereocenters. The first-order chi connectivity index (χ1) is 6.27. The molecule has 0 saturated carbocycles. The molecule has 1 rings (SSSR count). The fourth-order valence-corrected chi connectivity index (χ4v) is 1.20. The van der Waals surface area contributed by atoms with Crippen LogP contribution in [-0.2, 0) is 0 Å². The lowest BCUT2D eigenvalue weighted by Gasteiger charge is -2.20. The van der Waals surface area contributed by atoms with Crippen LogP contribution in [0.15, 0.2) is 12.4 Å². The number of anilines is 1. The third-order valence-electron chi connectivity index (χ3n) is 1.89. The first kappa shape index (κ1) is 9.92. The molecule has 2 N–H and O–H groups in total. The van der Waals surface area contributed by atoms with E-state index in [0.29, 0.717) is 6.54 Å². The van der Waals surface area contributed by atoms with Crippen LogP contribution in [-0.4, -0.2) is 29.6 Å². The summed E-state index contributed by atoms with van der Waals surface area (Å²) in [5, 5.41) is 0. The number of aromatic nitrogens is 2. The Kier molecular flexibility index (Phi) is 3.64. The van der Waals surface area contributed by atoms with E-state index in [2.05, 4.69) is 21.8 Å². The molecule has 13 heavy (non-hydrogen) atoms. The van der Waals surface area contributed by atoms with Gasteiger partial charge in [0.05, 0.1) is 0 Å². The second kappa shape index (κ2) is 4.77. The van der Waals surface area contributed by atoms with Crippen LogP contribution in [0.1, 0.15) is 12.6 Å². The van der Waals surface area contributed by atoms with Crippen LogP contribution in [0.5, 0.6) is 0 Å². The van der Waals surface area contributed by atoms with Gasteiger partial charge in [-0.3, -0.25) is 0 Å². The molecule has 0 aliphatic rings. The Morgan fingerprint density at radius 2 is 2.23 bits per heavy atom. The molecule has 4 nitrogen and oxygen atoms in total. The minimum atomic E-state index is 0.650. The average molecular weight is 180 g/mol. The van der Waals surface area contributed by atoms with Gasteiger partial charge in [0.1, 0.15) is 12.1 Å². The van der Waals surface area contributed by atoms with Crippen molar-refractivity contribution < 1.29 is 0 Å². The van der Waals surface area contributed by atoms with Crippen molar-refractivity contribution in [2.75, 3.05) is 24.5 Å². The fraction of sp³-hybridized carbons (Fsp3) is 0.556. The number of aryl methyl sites for hydroxylation is 1. The Balaban J connectivity index is 2.78. The molecule has 1 aromatic heterocycles. The minimum Gasteiger partial charge on any atom is -0.356 e. The third kappa shape index (κ3) is 2.66. The van der Waals surface area contributed by atoms with Crippen LogP contribution >= 0.6 is 0 Å². The molecule has 0 aliphatic carbocycles. The van der Waals surface area contributed by atoms with E-state index in [1.54, 1.807) is 6.33 Å². The maximum absolute atomic E-state index is 5.50. The zero-order valence-corrected chi connectivity index (χ0v) is 8.20. The van der Waals surface area contributed by atoms with E-state index in [9.17, 15) is 0 Å². The Labute approximate surface area is 78.8 Å². The van der Waals surface area contributed by atoms with Crippen LogP contribution in [0.3, 0.4) is 0 Å². The van der Waals surface area contributed by atoms with Crippen molar-refractivity contribution >= 4 is 5.82 Å². The largest absolute Gasteiger partial charge is 0.356 e. The summed E-state index contributed by atoms with van der Waals surface area (Å²) in [4.78, 5) is 10.4. The minimum absolute atomic E-state index is 0.650. The predicted octanol–water partition coefficient (Wildman–Crippen LogP) is 0.570. The Morgan fingerprint density at radius 3 is 2.77 bits per heavy atom. The standard InChI is InChI=1S/C9H16N4/c1-3-13(5-4-10)9-6-8(2)11-7-12-9/h6-7H,3-5,10H2,1-2H3. The monoisotopic (exact) mass is 180 g/mol. The average Bonchev–Trinajstić information content (AvgIpc) is 2.14. The van der Waals surface area contributed by atoms with Crippen LogP contribution in [0.25, 0.3) is 0 Å². The van der Waals surface area contributed by atoms with Gasteiger partial charge in [-0.05, 0) is 13.8 Å². The Bertz CT molecular complexity index is 262. The highest BCUT2D eigenvalue weighted by Gasteiger charge is 2.03. The second-order valence-electron chi connectivity index (χ2n) is 2.89. The van der Waals surface area contributed by atoms with E-state index in [1.807, 2.05) is 13.0 Å². The second-order valence-corrected chi connectivity index (χ2v) is 2.89. The molecule has 0 aromatic carbocycles. The summed E-state index contributed by atoms with van der Waals surface area (Å²) in [6.45, 7) is 6.46. The van der Waals surface area contributed by atoms with E-state index < -0.39 is 0 Å². The molecule has 0 amide bonds. The third-order valence-corrected chi connectivity index (χ3v) is 1.89. The summed E-state index contributed by atoms with van der Waals surface area (Å²) in [6, 6.07) is 1.97. The number of nitrogens with zero attached hydrogens (tertiary/aromatic N) is 3. The van der Waals surface area contributed by atoms with Gasteiger partial charge in [0.25, 0.3) is 0 Å². The van der Waals surface area contributed by atoms with Gasteiger partial charge in [-0.25, -0.2) is 9.97 Å². The van der Waals surface area contributed by atoms with E-state index in [-0.39, 0.29) is 0 Å². The maximum atomic E-state index is 5.50. The van der Waals surface area contributed by atoms with Crippen molar-refractivity contribution in [1.82, 2.24) is 9.97 Å². The van der Waals surface area contributed by atoms with E-state index in [0.717, 1.165) is 24.6 Å². The number of likely N-dealkylation sites (N-methyl/N-ethyl adjacent to an activating group) is 1. The smallest absolute Gasteiger partial charge is 0.132 e. The van der Waals surface area contributed by atoms with Gasteiger partial charge >= 0.3 is 0 Å². The fourth-order valence-electron chi connectivity index (χ4n) is 1.20. The highest BCUT2D eigenvalue weighted by atomic mass is 15.2. The molecule has 4 heteroatoms. The summed E-state index contributed by atoms with van der Waals surface area (Å²) in [5.74, 6) is 0.959. The summed E-state index contributed by atoms with van der Waals surface area (Å²) < 4.78 is 0. The SMILES string of the molecule is CCN(CCN)c1cc(C)ncn1. The molecule has 0 spiro atoms. The van der Waals surface area contributed by atoms with Crippen LogP contribution < -0.4 is 10.6 Å². The highest BCUT2D eigenvalue weighted by molar-refractivity contribution is 5.38. The van der Waals surface area contributed by atoms with Gasteiger partial charge in [0.15, 0.2) is 0 Å². The summed E-state index contributed by atoms with van der Waals surface area (Å²) >= 11 is 0. The van der Waals surface area contributed by atoms with E-state index in [4.69, 9.17) is 5.73 Å². The quantitative estimate of drug-likeness (QED) is 0.736. The molecule has 0 atom stereocenters. The first-order valence-corrected chi connectivity index (χ1v) is 4.51. The molecule has 0 aliphatic heterocycles. The molecular weight excluding hydrogens is 164 g/mol. The normalized spacial score (nSPS) is 10.1. The van der Waals surface area contributed by atoms with Crippen molar-refractivity contribution in [3.63, 3.8) is 0 Å². The Morgan fingerprint density at radius 1 is 1.46 bits per heavy atom. The van der Waals surface area contributed by atoms with Crippen LogP contribution in [0, 0.1) is 6.92 Å². The summed E-state index contributed by atoms with van der Waals surface area (Å²) in [6.07, 6.45) is 1.59. The van der Waals surface area contributed by atoms with Crippen molar-refractivity contribution in [1.29, 1.82) is 0 Å². The van der Waals surface area contributed by atoms with Gasteiger partial charge in [-0.2, -0.15) is 0 Å². The van der Waals surface area contributed by atoms with Crippen LogP contribution in [0.2, 0.25) is 0 Å². The number of nitrogens with two attached hydrogens (primary N) is 1. The van der Waals surface area contributed by atoms with Gasteiger partial charge in [0.2, 0.25) is 0 Å². The van der Waals surface area contributed by atoms with E-state index >= 15 is 0 Å². The number of hydrogen-bond donors (Lipinski definition) is 1. The van der Waals surface area contributed by atoms with Crippen molar-refractivity contribution in [2.24, 2.45) is 5.73 Å². The van der Waals surface area contributed by atoms with Gasteiger partial charge in [-0.1, -0.05) is 0 Å². The summed E-state index contributed by atoms with van der Waals surface area (Å²) in [5.41, 5.74) is 6.48. The first-order valence-electron chi connectivity index (χ1n) is 4.51. The number of rotatable bonds is 4. The van der Waals surface area contributed by atoms with Gasteiger partial charge < -0.3 is 10.6 Å². The molecule has 0 bridgehead atoms. The zero-order chi connectivity index (χ0) is 9.68. The van der Waals surface area contributed by atoms with Gasteiger partial charge in [0, 0.05) is 31.4 Å². The zero-order valence-electron chi connectivity index (χ0n) is 8.20. The molecule has 72 valence electrons. The molecule has 1 aromatic rings. The molecule has 1 heterocycles. The van der Waals surface area contributed by atoms with Gasteiger partial charge in [-0.15, -0.1) is 0 Å². The molecule has 0 fully saturated rings. The molecule has 0 saturated heterocycles. The van der Waals surface area contributed by atoms with Crippen molar-refractivity contribution in [3.8, 4) is 0 Å². The molecular formula is C9H16N4. The predicted molar refractivity (Wildman–Crippen MR) is 53.7 cm³/mol. The lowest BCUT2D eigenvalue weighted by molar-refractivity contribution is 0.797. The van der Waals surface area contributed by atoms with E-state index in [1.165, 1.54) is 0 Å². The number of hydrogen-bond acceptors (Lipinski definition) is 4.